The Morgan fingerprint density at radius 2 is 1.55 bits per heavy atom. The first kappa shape index (κ1) is 22.6. The fraction of sp³-hybridized carbons (Fsp3) is 0.333. The summed E-state index contributed by atoms with van der Waals surface area (Å²) in [5.41, 5.74) is 2.03. The summed E-state index contributed by atoms with van der Waals surface area (Å²) in [6.07, 6.45) is -0.391. The first-order valence-electron chi connectivity index (χ1n) is 9.11. The van der Waals surface area contributed by atoms with Crippen LogP contribution < -0.4 is 10.0 Å². The Labute approximate surface area is 171 Å². The molecule has 0 bridgehead atoms. The Bertz CT molecular complexity index is 975. The van der Waals surface area contributed by atoms with Crippen LogP contribution in [0.15, 0.2) is 53.4 Å². The van der Waals surface area contributed by atoms with Crippen LogP contribution in [-0.4, -0.2) is 25.4 Å². The highest BCUT2D eigenvalue weighted by atomic mass is 32.2. The first-order chi connectivity index (χ1) is 13.4. The second kappa shape index (κ2) is 8.75. The number of hydrogen-bond acceptors (Lipinski definition) is 4. The number of aliphatic carboxylic acids is 1. The quantitative estimate of drug-likeness (QED) is 0.638. The van der Waals surface area contributed by atoms with E-state index in [1.807, 2.05) is 12.1 Å². The van der Waals surface area contributed by atoms with Gasteiger partial charge in [0.05, 0.1) is 17.4 Å². The maximum absolute atomic E-state index is 12.8. The van der Waals surface area contributed by atoms with Crippen LogP contribution in [-0.2, 0) is 25.0 Å². The Hall–Kier alpha value is -2.71. The van der Waals surface area contributed by atoms with Gasteiger partial charge in [0.2, 0.25) is 15.9 Å². The largest absolute Gasteiger partial charge is 0.481 e. The molecule has 0 aliphatic heterocycles. The van der Waals surface area contributed by atoms with E-state index in [0.29, 0.717) is 11.3 Å². The number of nitrogens with one attached hydrogen (secondary N) is 2. The van der Waals surface area contributed by atoms with Crippen molar-refractivity contribution in [1.29, 1.82) is 0 Å². The highest BCUT2D eigenvalue weighted by Crippen LogP contribution is 2.26. The van der Waals surface area contributed by atoms with Crippen LogP contribution in [0.1, 0.15) is 51.3 Å². The molecule has 0 aliphatic rings. The summed E-state index contributed by atoms with van der Waals surface area (Å²) in [6, 6.07) is 12.0. The molecule has 0 saturated carbocycles. The van der Waals surface area contributed by atoms with Gasteiger partial charge in [-0.1, -0.05) is 45.0 Å². The van der Waals surface area contributed by atoms with Crippen molar-refractivity contribution in [3.8, 4) is 0 Å². The number of carbonyl (C=O) groups is 2. The lowest BCUT2D eigenvalue weighted by atomic mass is 9.86. The van der Waals surface area contributed by atoms with E-state index in [2.05, 4.69) is 30.8 Å². The molecule has 0 unspecified atom stereocenters. The van der Waals surface area contributed by atoms with E-state index in [-0.39, 0.29) is 16.2 Å². The summed E-state index contributed by atoms with van der Waals surface area (Å²) >= 11 is 0. The molecule has 29 heavy (non-hydrogen) atoms. The lowest BCUT2D eigenvalue weighted by Gasteiger charge is -2.22. The average molecular weight is 419 g/mol. The van der Waals surface area contributed by atoms with Crippen LogP contribution in [0, 0.1) is 0 Å². The number of carboxylic acid groups (broad SMARTS) is 1. The molecular weight excluding hydrogens is 392 g/mol. The molecule has 7 nitrogen and oxygen atoms in total. The molecule has 2 aromatic rings. The summed E-state index contributed by atoms with van der Waals surface area (Å²) in [4.78, 5) is 22.4. The molecule has 1 atom stereocenters. The summed E-state index contributed by atoms with van der Waals surface area (Å²) < 4.78 is 28.0. The molecule has 8 heteroatoms. The van der Waals surface area contributed by atoms with Crippen molar-refractivity contribution < 1.29 is 23.1 Å². The van der Waals surface area contributed by atoms with E-state index in [1.165, 1.54) is 31.2 Å². The molecule has 0 aliphatic carbocycles. The highest BCUT2D eigenvalue weighted by Gasteiger charge is 2.24. The number of amides is 1. The Morgan fingerprint density at radius 3 is 2.00 bits per heavy atom. The number of hydrogen-bond donors (Lipinski definition) is 3. The van der Waals surface area contributed by atoms with E-state index in [9.17, 15) is 23.1 Å². The number of anilines is 1. The number of sulfonamides is 1. The Morgan fingerprint density at radius 1 is 1.00 bits per heavy atom. The molecule has 2 rings (SSSR count). The second-order valence-corrected chi connectivity index (χ2v) is 9.56. The fourth-order valence-corrected chi connectivity index (χ4v) is 4.02. The van der Waals surface area contributed by atoms with Gasteiger partial charge in [-0.2, -0.15) is 0 Å². The van der Waals surface area contributed by atoms with Crippen LogP contribution >= 0.6 is 0 Å². The molecule has 0 saturated heterocycles. The van der Waals surface area contributed by atoms with Crippen molar-refractivity contribution in [3.63, 3.8) is 0 Å². The zero-order valence-electron chi connectivity index (χ0n) is 16.9. The number of carbonyl (C=O) groups excluding carboxylic acids is 1. The summed E-state index contributed by atoms with van der Waals surface area (Å²) in [7, 11) is -3.96. The molecule has 3 N–H and O–H groups in total. The predicted octanol–water partition coefficient (Wildman–Crippen LogP) is 3.44. The minimum atomic E-state index is -3.96. The molecule has 0 fully saturated rings. The molecule has 156 valence electrons. The van der Waals surface area contributed by atoms with Gasteiger partial charge in [0.1, 0.15) is 0 Å². The van der Waals surface area contributed by atoms with Crippen LogP contribution in [0.4, 0.5) is 5.69 Å². The van der Waals surface area contributed by atoms with Crippen molar-refractivity contribution in [3.05, 3.63) is 59.7 Å². The lowest BCUT2D eigenvalue weighted by molar-refractivity contribution is -0.137. The average Bonchev–Trinajstić information content (AvgIpc) is 2.60. The lowest BCUT2D eigenvalue weighted by Crippen LogP contribution is -2.30. The number of carboxylic acids is 1. The van der Waals surface area contributed by atoms with Crippen molar-refractivity contribution in [2.45, 2.75) is 50.5 Å². The normalized spacial score (nSPS) is 13.0. The van der Waals surface area contributed by atoms with Gasteiger partial charge in [0.25, 0.3) is 0 Å². The Kier molecular flexibility index (Phi) is 6.81. The number of benzene rings is 2. The van der Waals surface area contributed by atoms with Crippen LogP contribution in [0.25, 0.3) is 0 Å². The summed E-state index contributed by atoms with van der Waals surface area (Å²) in [5.74, 6) is -1.38. The van der Waals surface area contributed by atoms with Gasteiger partial charge < -0.3 is 10.4 Å². The minimum absolute atomic E-state index is 0.0201. The molecule has 0 spiro atoms. The topological polar surface area (TPSA) is 113 Å². The minimum Gasteiger partial charge on any atom is -0.481 e. The van der Waals surface area contributed by atoms with Gasteiger partial charge in [0.15, 0.2) is 0 Å². The first-order valence-corrected chi connectivity index (χ1v) is 10.6. The molecule has 0 aromatic heterocycles. The molecule has 2 aromatic carbocycles. The molecular formula is C21H26N2O5S. The molecule has 1 amide bonds. The van der Waals surface area contributed by atoms with Crippen LogP contribution in [0.3, 0.4) is 0 Å². The van der Waals surface area contributed by atoms with Gasteiger partial charge in [-0.05, 0) is 40.8 Å². The second-order valence-electron chi connectivity index (χ2n) is 7.85. The monoisotopic (exact) mass is 418 g/mol. The maximum Gasteiger partial charge on any atom is 0.305 e. The SMILES string of the molecule is CC(=O)Nc1ccc(S(=O)(=O)N[C@H](CC(=O)O)c2ccc(C(C)(C)C)cc2)cc1. The Balaban J connectivity index is 2.28. The van der Waals surface area contributed by atoms with Crippen molar-refractivity contribution in [2.75, 3.05) is 5.32 Å². The van der Waals surface area contributed by atoms with Crippen molar-refractivity contribution in [2.24, 2.45) is 0 Å². The van der Waals surface area contributed by atoms with Gasteiger partial charge in [-0.3, -0.25) is 9.59 Å². The molecule has 0 heterocycles. The van der Waals surface area contributed by atoms with Gasteiger partial charge in [0, 0.05) is 12.6 Å². The van der Waals surface area contributed by atoms with E-state index in [1.54, 1.807) is 12.1 Å². The van der Waals surface area contributed by atoms with Gasteiger partial charge in [-0.25, -0.2) is 13.1 Å². The van der Waals surface area contributed by atoms with Gasteiger partial charge in [-0.15, -0.1) is 0 Å². The standard InChI is InChI=1S/C21H26N2O5S/c1-14(24)22-17-9-11-18(12-10-17)29(27,28)23-19(13-20(25)26)15-5-7-16(8-6-15)21(2,3)4/h5-12,19,23H,13H2,1-4H3,(H,22,24)(H,25,26)/t19-/m1/s1. The van der Waals surface area contributed by atoms with Crippen LogP contribution in [0.2, 0.25) is 0 Å². The zero-order chi connectivity index (χ0) is 21.8. The third-order valence-electron chi connectivity index (χ3n) is 4.34. The van der Waals surface area contributed by atoms with E-state index >= 15 is 0 Å². The maximum atomic E-state index is 12.8. The third kappa shape index (κ3) is 6.40. The molecule has 0 radical (unpaired) electrons. The third-order valence-corrected chi connectivity index (χ3v) is 5.83. The van der Waals surface area contributed by atoms with Crippen molar-refractivity contribution >= 4 is 27.6 Å². The van der Waals surface area contributed by atoms with Gasteiger partial charge >= 0.3 is 5.97 Å². The number of rotatable bonds is 7. The zero-order valence-corrected chi connectivity index (χ0v) is 17.7. The van der Waals surface area contributed by atoms with Crippen LogP contribution in [0.5, 0.6) is 0 Å². The van der Waals surface area contributed by atoms with Crippen molar-refractivity contribution in [1.82, 2.24) is 4.72 Å². The highest BCUT2D eigenvalue weighted by molar-refractivity contribution is 7.89. The summed E-state index contributed by atoms with van der Waals surface area (Å²) in [6.45, 7) is 7.53. The van der Waals surface area contributed by atoms with E-state index < -0.39 is 28.5 Å². The summed E-state index contributed by atoms with van der Waals surface area (Å²) in [5, 5.41) is 11.8. The van der Waals surface area contributed by atoms with E-state index in [4.69, 9.17) is 0 Å². The predicted molar refractivity (Wildman–Crippen MR) is 111 cm³/mol. The van der Waals surface area contributed by atoms with E-state index in [0.717, 1.165) is 5.56 Å². The smallest absolute Gasteiger partial charge is 0.305 e. The fourth-order valence-electron chi connectivity index (χ4n) is 2.79.